The number of hydrogen-bond acceptors (Lipinski definition) is 5. The first-order valence-electron chi connectivity index (χ1n) is 6.06. The van der Waals surface area contributed by atoms with Gasteiger partial charge < -0.3 is 14.8 Å². The Balaban J connectivity index is 2.23. The monoisotopic (exact) mass is 274 g/mol. The molecule has 0 radical (unpaired) electrons. The van der Waals surface area contributed by atoms with Crippen LogP contribution in [0, 0.1) is 0 Å². The van der Waals surface area contributed by atoms with E-state index < -0.39 is 17.3 Å². The highest BCUT2D eigenvalue weighted by atomic mass is 16.5. The lowest BCUT2D eigenvalue weighted by Gasteiger charge is -2.05. The third kappa shape index (κ3) is 3.03. The van der Waals surface area contributed by atoms with Gasteiger partial charge in [-0.25, -0.2) is 9.78 Å². The zero-order valence-corrected chi connectivity index (χ0v) is 10.9. The van der Waals surface area contributed by atoms with E-state index in [2.05, 4.69) is 14.7 Å². The molecule has 0 atom stereocenters. The van der Waals surface area contributed by atoms with Gasteiger partial charge in [-0.1, -0.05) is 30.3 Å². The van der Waals surface area contributed by atoms with Crippen LogP contribution in [0.15, 0.2) is 35.1 Å². The van der Waals surface area contributed by atoms with Crippen LogP contribution >= 0.6 is 0 Å². The summed E-state index contributed by atoms with van der Waals surface area (Å²) in [5.74, 6) is -1.23. The van der Waals surface area contributed by atoms with Gasteiger partial charge in [0.25, 0.3) is 5.56 Å². The van der Waals surface area contributed by atoms with Gasteiger partial charge in [-0.05, 0) is 12.0 Å². The van der Waals surface area contributed by atoms with Crippen LogP contribution in [0.3, 0.4) is 0 Å². The standard InChI is InChI=1S/C14H14N2O4/c1-20-14(19)11-12(17)13(18)16-10(15-11)8-7-9-5-3-2-4-6-9/h2-6,17H,7-8H2,1H3,(H,15,16,18). The first-order valence-corrected chi connectivity index (χ1v) is 6.06. The summed E-state index contributed by atoms with van der Waals surface area (Å²) >= 11 is 0. The number of hydrogen-bond donors (Lipinski definition) is 2. The molecule has 0 spiro atoms. The third-order valence-corrected chi connectivity index (χ3v) is 2.82. The average molecular weight is 274 g/mol. The minimum atomic E-state index is -0.838. The maximum absolute atomic E-state index is 11.5. The van der Waals surface area contributed by atoms with Crippen LogP contribution in [-0.2, 0) is 17.6 Å². The number of carbonyl (C=O) groups is 1. The van der Waals surface area contributed by atoms with Crippen molar-refractivity contribution in [3.05, 3.63) is 57.8 Å². The molecular weight excluding hydrogens is 260 g/mol. The maximum Gasteiger partial charge on any atom is 0.360 e. The van der Waals surface area contributed by atoms with Crippen molar-refractivity contribution in [1.29, 1.82) is 0 Å². The van der Waals surface area contributed by atoms with Crippen LogP contribution < -0.4 is 5.56 Å². The summed E-state index contributed by atoms with van der Waals surface area (Å²) in [5.41, 5.74) is -0.0226. The minimum absolute atomic E-state index is 0.331. The fourth-order valence-corrected chi connectivity index (χ4v) is 1.78. The number of aromatic amines is 1. The largest absolute Gasteiger partial charge is 0.501 e. The van der Waals surface area contributed by atoms with Gasteiger partial charge in [0.15, 0.2) is 5.69 Å². The molecule has 104 valence electrons. The van der Waals surface area contributed by atoms with Crippen molar-refractivity contribution >= 4 is 5.97 Å². The molecule has 0 aliphatic rings. The minimum Gasteiger partial charge on any atom is -0.501 e. The van der Waals surface area contributed by atoms with Crippen LogP contribution in [0.25, 0.3) is 0 Å². The molecule has 6 nitrogen and oxygen atoms in total. The van der Waals surface area contributed by atoms with Gasteiger partial charge in [0.05, 0.1) is 7.11 Å². The Hall–Kier alpha value is -2.63. The van der Waals surface area contributed by atoms with E-state index in [-0.39, 0.29) is 5.69 Å². The molecule has 6 heteroatoms. The van der Waals surface area contributed by atoms with Crippen molar-refractivity contribution in [1.82, 2.24) is 9.97 Å². The molecule has 2 rings (SSSR count). The second kappa shape index (κ2) is 6.01. The molecule has 0 fully saturated rings. The number of ether oxygens (including phenoxy) is 1. The fourth-order valence-electron chi connectivity index (χ4n) is 1.78. The molecule has 0 saturated carbocycles. The summed E-state index contributed by atoms with van der Waals surface area (Å²) in [5, 5.41) is 9.50. The van der Waals surface area contributed by atoms with Crippen molar-refractivity contribution in [2.24, 2.45) is 0 Å². The lowest BCUT2D eigenvalue weighted by molar-refractivity contribution is 0.0589. The summed E-state index contributed by atoms with van der Waals surface area (Å²) in [7, 11) is 1.16. The molecule has 2 N–H and O–H groups in total. The number of benzene rings is 1. The highest BCUT2D eigenvalue weighted by molar-refractivity contribution is 5.89. The number of aromatic nitrogens is 2. The van der Waals surface area contributed by atoms with Crippen LogP contribution in [0.2, 0.25) is 0 Å². The van der Waals surface area contributed by atoms with E-state index in [4.69, 9.17) is 0 Å². The number of nitrogens with one attached hydrogen (secondary N) is 1. The van der Waals surface area contributed by atoms with Gasteiger partial charge in [-0.15, -0.1) is 0 Å². The van der Waals surface area contributed by atoms with E-state index in [0.29, 0.717) is 18.7 Å². The number of H-pyrrole nitrogens is 1. The van der Waals surface area contributed by atoms with Crippen molar-refractivity contribution in [3.63, 3.8) is 0 Å². The van der Waals surface area contributed by atoms with E-state index in [1.807, 2.05) is 30.3 Å². The van der Waals surface area contributed by atoms with Crippen LogP contribution in [0.4, 0.5) is 0 Å². The van der Waals surface area contributed by atoms with E-state index >= 15 is 0 Å². The van der Waals surface area contributed by atoms with Crippen LogP contribution in [0.5, 0.6) is 5.75 Å². The summed E-state index contributed by atoms with van der Waals surface area (Å²) in [4.78, 5) is 29.3. The highest BCUT2D eigenvalue weighted by Crippen LogP contribution is 2.10. The van der Waals surface area contributed by atoms with E-state index in [1.54, 1.807) is 0 Å². The Labute approximate surface area is 115 Å². The zero-order valence-electron chi connectivity index (χ0n) is 10.9. The number of esters is 1. The molecule has 0 aliphatic carbocycles. The molecule has 0 aliphatic heterocycles. The topological polar surface area (TPSA) is 92.3 Å². The summed E-state index contributed by atoms with van der Waals surface area (Å²) in [6.45, 7) is 0. The number of nitrogens with zero attached hydrogens (tertiary/aromatic N) is 1. The molecule has 0 unspecified atom stereocenters. The Morgan fingerprint density at radius 1 is 1.30 bits per heavy atom. The SMILES string of the molecule is COC(=O)c1nc(CCc2ccccc2)[nH]c(=O)c1O. The van der Waals surface area contributed by atoms with Gasteiger partial charge in [0, 0.05) is 6.42 Å². The fraction of sp³-hybridized carbons (Fsp3) is 0.214. The average Bonchev–Trinajstić information content (AvgIpc) is 2.48. The van der Waals surface area contributed by atoms with E-state index in [9.17, 15) is 14.7 Å². The molecule has 0 amide bonds. The van der Waals surface area contributed by atoms with Gasteiger partial charge in [0.2, 0.25) is 5.75 Å². The second-order valence-corrected chi connectivity index (χ2v) is 4.19. The van der Waals surface area contributed by atoms with Crippen molar-refractivity contribution in [3.8, 4) is 5.75 Å². The Morgan fingerprint density at radius 2 is 2.00 bits per heavy atom. The second-order valence-electron chi connectivity index (χ2n) is 4.19. The van der Waals surface area contributed by atoms with Crippen molar-refractivity contribution < 1.29 is 14.6 Å². The maximum atomic E-state index is 11.5. The van der Waals surface area contributed by atoms with E-state index in [1.165, 1.54) is 0 Å². The molecule has 1 aromatic carbocycles. The number of aryl methyl sites for hydroxylation is 2. The number of aromatic hydroxyl groups is 1. The molecule has 0 saturated heterocycles. The first-order chi connectivity index (χ1) is 9.61. The Kier molecular flexibility index (Phi) is 4.14. The number of carbonyl (C=O) groups excluding carboxylic acids is 1. The molecule has 1 aromatic heterocycles. The predicted octanol–water partition coefficient (Wildman–Crippen LogP) is 1.05. The zero-order chi connectivity index (χ0) is 14.5. The Morgan fingerprint density at radius 3 is 2.65 bits per heavy atom. The molecule has 2 aromatic rings. The number of rotatable bonds is 4. The van der Waals surface area contributed by atoms with Crippen molar-refractivity contribution in [2.75, 3.05) is 7.11 Å². The van der Waals surface area contributed by atoms with Gasteiger partial charge in [-0.3, -0.25) is 4.79 Å². The smallest absolute Gasteiger partial charge is 0.360 e. The first kappa shape index (κ1) is 13.8. The molecular formula is C14H14N2O4. The van der Waals surface area contributed by atoms with E-state index in [0.717, 1.165) is 12.7 Å². The molecule has 1 heterocycles. The van der Waals surface area contributed by atoms with Crippen LogP contribution in [0.1, 0.15) is 21.9 Å². The lowest BCUT2D eigenvalue weighted by atomic mass is 10.1. The van der Waals surface area contributed by atoms with Crippen molar-refractivity contribution in [2.45, 2.75) is 12.8 Å². The molecule has 20 heavy (non-hydrogen) atoms. The van der Waals surface area contributed by atoms with Gasteiger partial charge >= 0.3 is 5.97 Å². The normalized spacial score (nSPS) is 10.2. The summed E-state index contributed by atoms with van der Waals surface area (Å²) in [6.07, 6.45) is 1.11. The Bertz CT molecular complexity index is 665. The van der Waals surface area contributed by atoms with Crippen LogP contribution in [-0.4, -0.2) is 28.2 Å². The van der Waals surface area contributed by atoms with Gasteiger partial charge in [0.1, 0.15) is 5.82 Å². The quantitative estimate of drug-likeness (QED) is 0.813. The highest BCUT2D eigenvalue weighted by Gasteiger charge is 2.18. The summed E-state index contributed by atoms with van der Waals surface area (Å²) < 4.78 is 4.48. The predicted molar refractivity (Wildman–Crippen MR) is 71.7 cm³/mol. The lowest BCUT2D eigenvalue weighted by Crippen LogP contribution is -2.18. The third-order valence-electron chi connectivity index (χ3n) is 2.82. The number of methoxy groups -OCH3 is 1. The summed E-state index contributed by atoms with van der Waals surface area (Å²) in [6, 6.07) is 9.67. The molecule has 0 bridgehead atoms. The van der Waals surface area contributed by atoms with Gasteiger partial charge in [-0.2, -0.15) is 0 Å².